The first-order chi connectivity index (χ1) is 15.7. The van der Waals surface area contributed by atoms with Gasteiger partial charge < -0.3 is 24.0 Å². The molecule has 0 atom stereocenters. The first-order valence-corrected chi connectivity index (χ1v) is 12.7. The van der Waals surface area contributed by atoms with Crippen molar-refractivity contribution in [3.8, 4) is 0 Å². The monoisotopic (exact) mass is 480 g/mol. The van der Waals surface area contributed by atoms with Crippen molar-refractivity contribution in [1.29, 1.82) is 0 Å². The smallest absolute Gasteiger partial charge is 0.410 e. The zero-order valence-electron chi connectivity index (χ0n) is 21.4. The molecule has 3 rings (SSSR count). The summed E-state index contributed by atoms with van der Waals surface area (Å²) in [6.45, 7) is 17.0. The molecule has 33 heavy (non-hydrogen) atoms. The zero-order chi connectivity index (χ0) is 24.8. The molecule has 2 aliphatic heterocycles. The van der Waals surface area contributed by atoms with Crippen molar-refractivity contribution in [2.45, 2.75) is 73.0 Å². The third-order valence-electron chi connectivity index (χ3n) is 5.61. The maximum atomic E-state index is 12.7. The fraction of sp³-hybridized carbons (Fsp3) is 0.680. The number of hydrogen-bond acceptors (Lipinski definition) is 7. The third kappa shape index (κ3) is 6.51. The van der Waals surface area contributed by atoms with E-state index in [1.54, 1.807) is 16.2 Å². The van der Waals surface area contributed by atoms with Crippen molar-refractivity contribution in [3.63, 3.8) is 0 Å². The average Bonchev–Trinajstić information content (AvgIpc) is 3.40. The van der Waals surface area contributed by atoms with Gasteiger partial charge in [-0.1, -0.05) is 19.9 Å². The zero-order valence-corrected chi connectivity index (χ0v) is 22.3. The summed E-state index contributed by atoms with van der Waals surface area (Å²) < 4.78 is 16.2. The highest BCUT2D eigenvalue weighted by atomic mass is 32.1. The minimum absolute atomic E-state index is 0.338. The van der Waals surface area contributed by atoms with Gasteiger partial charge in [0.2, 0.25) is 0 Å². The lowest BCUT2D eigenvalue weighted by atomic mass is 10.0. The summed E-state index contributed by atoms with van der Waals surface area (Å²) in [7, 11) is 1.41. The second kappa shape index (κ2) is 11.9. The maximum absolute atomic E-state index is 12.7. The molecule has 0 unspecified atom stereocenters. The first kappa shape index (κ1) is 27.2. The summed E-state index contributed by atoms with van der Waals surface area (Å²) in [5.41, 5.74) is 1.96. The molecule has 0 aromatic carbocycles. The summed E-state index contributed by atoms with van der Waals surface area (Å²) in [4.78, 5) is 30.2. The molecule has 0 bridgehead atoms. The number of thiophene rings is 1. The Balaban J connectivity index is 0.00000187. The quantitative estimate of drug-likeness (QED) is 0.518. The van der Waals surface area contributed by atoms with Crippen molar-refractivity contribution in [2.24, 2.45) is 0 Å². The molecule has 0 N–H and O–H groups in total. The Labute approximate surface area is 202 Å². The van der Waals surface area contributed by atoms with Crippen LogP contribution in [0, 0.1) is 6.92 Å². The van der Waals surface area contributed by atoms with Gasteiger partial charge in [-0.25, -0.2) is 9.59 Å². The van der Waals surface area contributed by atoms with Crippen molar-refractivity contribution in [2.75, 3.05) is 44.9 Å². The van der Waals surface area contributed by atoms with Gasteiger partial charge in [0.1, 0.15) is 5.60 Å². The summed E-state index contributed by atoms with van der Waals surface area (Å²) in [5, 5.41) is 1.10. The first-order valence-electron chi connectivity index (χ1n) is 11.9. The van der Waals surface area contributed by atoms with Crippen LogP contribution in [-0.4, -0.2) is 68.6 Å². The van der Waals surface area contributed by atoms with E-state index in [0.29, 0.717) is 24.7 Å². The fourth-order valence-electron chi connectivity index (χ4n) is 4.10. The Morgan fingerprint density at radius 1 is 1.24 bits per heavy atom. The van der Waals surface area contributed by atoms with Gasteiger partial charge >= 0.3 is 12.1 Å². The van der Waals surface area contributed by atoms with Crippen molar-refractivity contribution < 1.29 is 23.8 Å². The standard InChI is InChI=1S/C23H34N2O5S.C2H6/c1-7-25(17-9-12-29-13-10-17)20-15(2)18(21(26)28-6)19(31-20)16-8-11-24(14-16)22(27)30-23(3,4)5;1-2/h8,17H,7,9-14H2,1-6H3;1-2H3. The lowest BCUT2D eigenvalue weighted by molar-refractivity contribution is 0.0306. The number of amides is 1. The van der Waals surface area contributed by atoms with E-state index in [1.807, 2.05) is 47.6 Å². The van der Waals surface area contributed by atoms with Gasteiger partial charge in [-0.2, -0.15) is 0 Å². The highest BCUT2D eigenvalue weighted by Crippen LogP contribution is 2.42. The van der Waals surface area contributed by atoms with Crippen LogP contribution in [0.1, 0.15) is 75.2 Å². The van der Waals surface area contributed by atoms with Crippen LogP contribution in [0.5, 0.6) is 0 Å². The molecule has 1 saturated heterocycles. The molecule has 186 valence electrons. The molecule has 1 aromatic rings. The Morgan fingerprint density at radius 2 is 1.88 bits per heavy atom. The molecule has 3 heterocycles. The molecular weight excluding hydrogens is 440 g/mol. The molecular formula is C25H40N2O5S. The van der Waals surface area contributed by atoms with Crippen molar-refractivity contribution >= 4 is 34.0 Å². The molecule has 2 aliphatic rings. The Morgan fingerprint density at radius 3 is 2.42 bits per heavy atom. The van der Waals surface area contributed by atoms with Crippen LogP contribution in [0.15, 0.2) is 6.08 Å². The van der Waals surface area contributed by atoms with Crippen LogP contribution in [0.3, 0.4) is 0 Å². The number of esters is 1. The summed E-state index contributed by atoms with van der Waals surface area (Å²) >= 11 is 1.62. The number of methoxy groups -OCH3 is 1. The average molecular weight is 481 g/mol. The van der Waals surface area contributed by atoms with Gasteiger partial charge in [0.05, 0.1) is 24.2 Å². The van der Waals surface area contributed by atoms with E-state index in [1.165, 1.54) is 7.11 Å². The summed E-state index contributed by atoms with van der Waals surface area (Å²) in [6.07, 6.45) is 3.62. The number of nitrogens with zero attached hydrogens (tertiary/aromatic N) is 2. The van der Waals surface area contributed by atoms with Crippen molar-refractivity contribution in [3.05, 3.63) is 22.1 Å². The van der Waals surface area contributed by atoms with E-state index in [0.717, 1.165) is 53.6 Å². The van der Waals surface area contributed by atoms with Crippen LogP contribution in [0.4, 0.5) is 9.80 Å². The predicted octanol–water partition coefficient (Wildman–Crippen LogP) is 5.51. The highest BCUT2D eigenvalue weighted by molar-refractivity contribution is 7.17. The number of carbonyl (C=O) groups is 2. The molecule has 1 aromatic heterocycles. The minimum Gasteiger partial charge on any atom is -0.465 e. The van der Waals surface area contributed by atoms with Crippen LogP contribution in [0.25, 0.3) is 5.57 Å². The van der Waals surface area contributed by atoms with Crippen molar-refractivity contribution in [1.82, 2.24) is 4.90 Å². The van der Waals surface area contributed by atoms with E-state index in [2.05, 4.69) is 11.8 Å². The Kier molecular flexibility index (Phi) is 9.79. The summed E-state index contributed by atoms with van der Waals surface area (Å²) in [6, 6.07) is 0.394. The van der Waals surface area contributed by atoms with E-state index >= 15 is 0 Å². The SMILES string of the molecule is CC.CCN(c1sc(C2=CCN(C(=O)OC(C)(C)C)C2)c(C(=O)OC)c1C)C1CCOCC1. The molecule has 0 saturated carbocycles. The van der Waals surface area contributed by atoms with E-state index in [9.17, 15) is 9.59 Å². The van der Waals surface area contributed by atoms with Crippen LogP contribution < -0.4 is 4.90 Å². The molecule has 1 fully saturated rings. The summed E-state index contributed by atoms with van der Waals surface area (Å²) in [5.74, 6) is -0.338. The Hall–Kier alpha value is -2.06. The number of hydrogen-bond donors (Lipinski definition) is 0. The lowest BCUT2D eigenvalue weighted by Crippen LogP contribution is -2.39. The molecule has 0 spiro atoms. The largest absolute Gasteiger partial charge is 0.465 e. The van der Waals surface area contributed by atoms with Gasteiger partial charge in [-0.05, 0) is 58.6 Å². The van der Waals surface area contributed by atoms with Gasteiger partial charge in [0, 0.05) is 37.2 Å². The van der Waals surface area contributed by atoms with Crippen LogP contribution in [-0.2, 0) is 14.2 Å². The third-order valence-corrected chi connectivity index (χ3v) is 7.01. The lowest BCUT2D eigenvalue weighted by Gasteiger charge is -2.34. The highest BCUT2D eigenvalue weighted by Gasteiger charge is 2.32. The molecule has 1 amide bonds. The van der Waals surface area contributed by atoms with E-state index in [-0.39, 0.29) is 12.1 Å². The normalized spacial score (nSPS) is 16.6. The number of carbonyl (C=O) groups excluding carboxylic acids is 2. The number of ether oxygens (including phenoxy) is 3. The molecule has 7 nitrogen and oxygen atoms in total. The fourth-order valence-corrected chi connectivity index (χ4v) is 5.56. The molecule has 0 aliphatic carbocycles. The van der Waals surface area contributed by atoms with Gasteiger partial charge in [-0.15, -0.1) is 11.3 Å². The predicted molar refractivity (Wildman–Crippen MR) is 134 cm³/mol. The van der Waals surface area contributed by atoms with Crippen LogP contribution in [0.2, 0.25) is 0 Å². The second-order valence-electron chi connectivity index (χ2n) is 8.95. The van der Waals surface area contributed by atoms with Gasteiger partial charge in [0.15, 0.2) is 0 Å². The second-order valence-corrected chi connectivity index (χ2v) is 9.95. The number of rotatable bonds is 5. The molecule has 0 radical (unpaired) electrons. The van der Waals surface area contributed by atoms with E-state index < -0.39 is 5.60 Å². The number of anilines is 1. The van der Waals surface area contributed by atoms with E-state index in [4.69, 9.17) is 14.2 Å². The van der Waals surface area contributed by atoms with Crippen LogP contribution >= 0.6 is 11.3 Å². The van der Waals surface area contributed by atoms with Gasteiger partial charge in [0.25, 0.3) is 0 Å². The topological polar surface area (TPSA) is 68.3 Å². The van der Waals surface area contributed by atoms with Gasteiger partial charge in [-0.3, -0.25) is 0 Å². The maximum Gasteiger partial charge on any atom is 0.410 e. The minimum atomic E-state index is -0.547. The Bertz CT molecular complexity index is 850. The molecule has 8 heteroatoms.